The van der Waals surface area contributed by atoms with E-state index in [9.17, 15) is 0 Å². The summed E-state index contributed by atoms with van der Waals surface area (Å²) in [5, 5.41) is 3.18. The molecule has 1 rings (SSSR count). The molecular formula is C12H21N3O3. The fraction of sp³-hybridized carbons (Fsp3) is 0.500. The zero-order chi connectivity index (χ0) is 13.5. The number of hydrogen-bond acceptors (Lipinski definition) is 6. The van der Waals surface area contributed by atoms with Crippen molar-refractivity contribution in [3.05, 3.63) is 12.1 Å². The Morgan fingerprint density at radius 1 is 1.11 bits per heavy atom. The van der Waals surface area contributed by atoms with Gasteiger partial charge >= 0.3 is 0 Å². The minimum absolute atomic E-state index is 0.124. The summed E-state index contributed by atoms with van der Waals surface area (Å²) in [7, 11) is 4.76. The van der Waals surface area contributed by atoms with Crippen LogP contribution >= 0.6 is 0 Å². The first-order chi connectivity index (χ1) is 8.65. The monoisotopic (exact) mass is 255 g/mol. The Morgan fingerprint density at radius 2 is 1.67 bits per heavy atom. The van der Waals surface area contributed by atoms with Crippen LogP contribution < -0.4 is 31.0 Å². The summed E-state index contributed by atoms with van der Waals surface area (Å²) in [6.07, 6.45) is 0. The lowest BCUT2D eigenvalue weighted by Gasteiger charge is -2.18. The molecule has 0 amide bonds. The molecule has 0 radical (unpaired) electrons. The second kappa shape index (κ2) is 6.93. The Balaban J connectivity index is 2.99. The van der Waals surface area contributed by atoms with Gasteiger partial charge in [-0.1, -0.05) is 0 Å². The van der Waals surface area contributed by atoms with Crippen molar-refractivity contribution in [2.24, 2.45) is 11.5 Å². The SMILES string of the molecule is COc1cc(OC)c(NCC(N)CN)c(OC)c1. The summed E-state index contributed by atoms with van der Waals surface area (Å²) in [6, 6.07) is 3.43. The molecule has 5 N–H and O–H groups in total. The van der Waals surface area contributed by atoms with Crippen molar-refractivity contribution in [2.45, 2.75) is 6.04 Å². The summed E-state index contributed by atoms with van der Waals surface area (Å²) in [5.74, 6) is 1.93. The maximum absolute atomic E-state index is 5.77. The van der Waals surface area contributed by atoms with E-state index in [4.69, 9.17) is 25.7 Å². The largest absolute Gasteiger partial charge is 0.496 e. The van der Waals surface area contributed by atoms with Crippen molar-refractivity contribution in [3.63, 3.8) is 0 Å². The highest BCUT2D eigenvalue weighted by molar-refractivity contribution is 5.68. The minimum Gasteiger partial charge on any atom is -0.496 e. The van der Waals surface area contributed by atoms with Gasteiger partial charge in [0.2, 0.25) is 0 Å². The molecule has 6 heteroatoms. The molecule has 102 valence electrons. The molecule has 0 saturated heterocycles. The Hall–Kier alpha value is -1.66. The molecule has 0 aromatic heterocycles. The van der Waals surface area contributed by atoms with Gasteiger partial charge in [0.25, 0.3) is 0 Å². The molecule has 18 heavy (non-hydrogen) atoms. The first-order valence-electron chi connectivity index (χ1n) is 5.65. The van der Waals surface area contributed by atoms with Gasteiger partial charge in [-0.25, -0.2) is 0 Å². The third-order valence-corrected chi connectivity index (χ3v) is 2.56. The van der Waals surface area contributed by atoms with Crippen molar-refractivity contribution in [2.75, 3.05) is 39.7 Å². The van der Waals surface area contributed by atoms with Crippen LogP contribution in [0.5, 0.6) is 17.2 Å². The van der Waals surface area contributed by atoms with Gasteiger partial charge in [-0.15, -0.1) is 0 Å². The number of anilines is 1. The summed E-state index contributed by atoms with van der Waals surface area (Å²) < 4.78 is 15.8. The zero-order valence-electron chi connectivity index (χ0n) is 11.0. The molecule has 0 saturated carbocycles. The van der Waals surface area contributed by atoms with Crippen LogP contribution in [0.3, 0.4) is 0 Å². The van der Waals surface area contributed by atoms with Crippen LogP contribution in [0.15, 0.2) is 12.1 Å². The highest BCUT2D eigenvalue weighted by atomic mass is 16.5. The third kappa shape index (κ3) is 3.41. The lowest BCUT2D eigenvalue weighted by Crippen LogP contribution is -2.36. The fourth-order valence-corrected chi connectivity index (χ4v) is 1.50. The predicted octanol–water partition coefficient (Wildman–Crippen LogP) is 0.410. The Morgan fingerprint density at radius 3 is 2.06 bits per heavy atom. The van der Waals surface area contributed by atoms with Crippen molar-refractivity contribution < 1.29 is 14.2 Å². The lowest BCUT2D eigenvalue weighted by molar-refractivity contribution is 0.377. The number of nitrogens with two attached hydrogens (primary N) is 2. The van der Waals surface area contributed by atoms with Gasteiger partial charge in [0.1, 0.15) is 22.9 Å². The molecule has 0 aliphatic heterocycles. The smallest absolute Gasteiger partial charge is 0.149 e. The number of hydrogen-bond donors (Lipinski definition) is 3. The second-order valence-corrected chi connectivity index (χ2v) is 3.78. The normalized spacial score (nSPS) is 11.8. The standard InChI is InChI=1S/C12H21N3O3/c1-16-9-4-10(17-2)12(11(5-9)18-3)15-7-8(14)6-13/h4-5,8,15H,6-7,13-14H2,1-3H3. The van der Waals surface area contributed by atoms with E-state index in [1.54, 1.807) is 33.5 Å². The van der Waals surface area contributed by atoms with E-state index in [1.165, 1.54) is 0 Å². The molecule has 0 aliphatic rings. The van der Waals surface area contributed by atoms with E-state index in [-0.39, 0.29) is 6.04 Å². The van der Waals surface area contributed by atoms with E-state index >= 15 is 0 Å². The quantitative estimate of drug-likeness (QED) is 0.653. The fourth-order valence-electron chi connectivity index (χ4n) is 1.50. The Kier molecular flexibility index (Phi) is 5.54. The molecule has 1 unspecified atom stereocenters. The van der Waals surface area contributed by atoms with Crippen LogP contribution in [0, 0.1) is 0 Å². The average Bonchev–Trinajstić information content (AvgIpc) is 2.43. The van der Waals surface area contributed by atoms with Crippen LogP contribution in [-0.4, -0.2) is 40.5 Å². The van der Waals surface area contributed by atoms with Gasteiger partial charge in [0.15, 0.2) is 0 Å². The van der Waals surface area contributed by atoms with Crippen molar-refractivity contribution in [1.29, 1.82) is 0 Å². The highest BCUT2D eigenvalue weighted by Crippen LogP contribution is 2.38. The molecule has 0 fully saturated rings. The van der Waals surface area contributed by atoms with E-state index in [2.05, 4.69) is 5.32 Å². The number of ether oxygens (including phenoxy) is 3. The summed E-state index contributed by atoms with van der Waals surface area (Å²) in [6.45, 7) is 0.948. The number of rotatable bonds is 7. The number of nitrogens with one attached hydrogen (secondary N) is 1. The second-order valence-electron chi connectivity index (χ2n) is 3.78. The van der Waals surface area contributed by atoms with E-state index in [1.807, 2.05) is 0 Å². The van der Waals surface area contributed by atoms with E-state index in [0.717, 1.165) is 5.69 Å². The first kappa shape index (κ1) is 14.4. The predicted molar refractivity (Wildman–Crippen MR) is 71.6 cm³/mol. The van der Waals surface area contributed by atoms with Crippen LogP contribution in [-0.2, 0) is 0 Å². The Bertz CT molecular complexity index is 360. The molecule has 1 aromatic rings. The van der Waals surface area contributed by atoms with Crippen molar-refractivity contribution in [1.82, 2.24) is 0 Å². The maximum atomic E-state index is 5.77. The molecule has 1 aromatic carbocycles. The molecule has 0 heterocycles. The van der Waals surface area contributed by atoms with Gasteiger partial charge < -0.3 is 31.0 Å². The summed E-state index contributed by atoms with van der Waals surface area (Å²) in [4.78, 5) is 0. The lowest BCUT2D eigenvalue weighted by atomic mass is 10.2. The molecule has 0 spiro atoms. The van der Waals surface area contributed by atoms with Crippen molar-refractivity contribution in [3.8, 4) is 17.2 Å². The third-order valence-electron chi connectivity index (χ3n) is 2.56. The van der Waals surface area contributed by atoms with Crippen LogP contribution in [0.25, 0.3) is 0 Å². The van der Waals surface area contributed by atoms with Gasteiger partial charge in [-0.3, -0.25) is 0 Å². The zero-order valence-corrected chi connectivity index (χ0v) is 11.0. The van der Waals surface area contributed by atoms with Gasteiger partial charge in [-0.2, -0.15) is 0 Å². The minimum atomic E-state index is -0.124. The maximum Gasteiger partial charge on any atom is 0.149 e. The highest BCUT2D eigenvalue weighted by Gasteiger charge is 2.13. The molecule has 6 nitrogen and oxygen atoms in total. The van der Waals surface area contributed by atoms with Crippen LogP contribution in [0.4, 0.5) is 5.69 Å². The summed E-state index contributed by atoms with van der Waals surface area (Å²) >= 11 is 0. The molecule has 1 atom stereocenters. The van der Waals surface area contributed by atoms with Crippen molar-refractivity contribution >= 4 is 5.69 Å². The molecule has 0 aliphatic carbocycles. The number of methoxy groups -OCH3 is 3. The van der Waals surface area contributed by atoms with Gasteiger partial charge in [0.05, 0.1) is 21.3 Å². The Labute approximate surface area is 107 Å². The van der Waals surface area contributed by atoms with Crippen LogP contribution in [0.2, 0.25) is 0 Å². The number of benzene rings is 1. The van der Waals surface area contributed by atoms with E-state index in [0.29, 0.717) is 30.3 Å². The average molecular weight is 255 g/mol. The van der Waals surface area contributed by atoms with Gasteiger partial charge in [-0.05, 0) is 0 Å². The molecule has 0 bridgehead atoms. The molecular weight excluding hydrogens is 234 g/mol. The van der Waals surface area contributed by atoms with E-state index < -0.39 is 0 Å². The summed E-state index contributed by atoms with van der Waals surface area (Å²) in [5.41, 5.74) is 12.0. The van der Waals surface area contributed by atoms with Crippen LogP contribution in [0.1, 0.15) is 0 Å². The topological polar surface area (TPSA) is 91.8 Å². The first-order valence-corrected chi connectivity index (χ1v) is 5.65. The van der Waals surface area contributed by atoms with Gasteiger partial charge in [0, 0.05) is 31.3 Å².